The summed E-state index contributed by atoms with van der Waals surface area (Å²) in [6.45, 7) is 0. The standard InChI is InChI=1S/C10H8F3NO/c11-10(12,13)7-2-3-8-6(5-7)1-4-9(8)14-15/h2-3,5,15H,1,4H2. The molecule has 0 heterocycles. The molecule has 15 heavy (non-hydrogen) atoms. The minimum Gasteiger partial charge on any atom is -0.411 e. The van der Waals surface area contributed by atoms with E-state index in [1.165, 1.54) is 6.07 Å². The summed E-state index contributed by atoms with van der Waals surface area (Å²) in [6.07, 6.45) is -3.32. The van der Waals surface area contributed by atoms with E-state index in [1.807, 2.05) is 0 Å². The summed E-state index contributed by atoms with van der Waals surface area (Å²) in [5.41, 5.74) is 1.02. The maximum atomic E-state index is 12.4. The third-order valence-electron chi connectivity index (χ3n) is 2.50. The average Bonchev–Trinajstić information content (AvgIpc) is 2.58. The summed E-state index contributed by atoms with van der Waals surface area (Å²) in [6, 6.07) is 3.49. The van der Waals surface area contributed by atoms with Crippen LogP contribution < -0.4 is 0 Å². The van der Waals surface area contributed by atoms with E-state index >= 15 is 0 Å². The number of hydrogen-bond donors (Lipinski definition) is 1. The van der Waals surface area contributed by atoms with Crippen molar-refractivity contribution in [3.05, 3.63) is 34.9 Å². The molecule has 0 spiro atoms. The summed E-state index contributed by atoms with van der Waals surface area (Å²) in [4.78, 5) is 0. The van der Waals surface area contributed by atoms with Crippen molar-refractivity contribution in [3.63, 3.8) is 0 Å². The number of aryl methyl sites for hydroxylation is 1. The van der Waals surface area contributed by atoms with Gasteiger partial charge in [-0.25, -0.2) is 0 Å². The first kappa shape index (κ1) is 10.0. The van der Waals surface area contributed by atoms with Crippen molar-refractivity contribution in [2.75, 3.05) is 0 Å². The summed E-state index contributed by atoms with van der Waals surface area (Å²) in [7, 11) is 0. The van der Waals surface area contributed by atoms with Gasteiger partial charge in [0.15, 0.2) is 0 Å². The van der Waals surface area contributed by atoms with Crippen LogP contribution in [0, 0.1) is 0 Å². The number of benzene rings is 1. The molecular formula is C10H8F3NO. The van der Waals surface area contributed by atoms with Crippen molar-refractivity contribution in [1.29, 1.82) is 0 Å². The number of hydrogen-bond acceptors (Lipinski definition) is 2. The first-order valence-electron chi connectivity index (χ1n) is 4.44. The van der Waals surface area contributed by atoms with Crippen LogP contribution in [-0.4, -0.2) is 10.9 Å². The Morgan fingerprint density at radius 2 is 1.93 bits per heavy atom. The van der Waals surface area contributed by atoms with Crippen molar-refractivity contribution >= 4 is 5.71 Å². The normalized spacial score (nSPS) is 18.2. The smallest absolute Gasteiger partial charge is 0.411 e. The van der Waals surface area contributed by atoms with Crippen LogP contribution in [-0.2, 0) is 12.6 Å². The lowest BCUT2D eigenvalue weighted by atomic mass is 10.1. The third kappa shape index (κ3) is 1.69. The van der Waals surface area contributed by atoms with Crippen molar-refractivity contribution in [1.82, 2.24) is 0 Å². The van der Waals surface area contributed by atoms with Gasteiger partial charge in [-0.2, -0.15) is 13.2 Å². The first-order valence-corrected chi connectivity index (χ1v) is 4.44. The largest absolute Gasteiger partial charge is 0.416 e. The Labute approximate surface area is 84.0 Å². The lowest BCUT2D eigenvalue weighted by Crippen LogP contribution is -2.05. The van der Waals surface area contributed by atoms with Crippen molar-refractivity contribution in [2.45, 2.75) is 19.0 Å². The molecule has 0 aliphatic heterocycles. The monoisotopic (exact) mass is 215 g/mol. The summed E-state index contributed by atoms with van der Waals surface area (Å²) in [5.74, 6) is 0. The molecule has 1 aromatic carbocycles. The Kier molecular flexibility index (Phi) is 2.17. The fraction of sp³-hybridized carbons (Fsp3) is 0.300. The van der Waals surface area contributed by atoms with Gasteiger partial charge >= 0.3 is 6.18 Å². The van der Waals surface area contributed by atoms with Gasteiger partial charge in [0.05, 0.1) is 11.3 Å². The zero-order valence-electron chi connectivity index (χ0n) is 7.67. The molecule has 0 amide bonds. The third-order valence-corrected chi connectivity index (χ3v) is 2.50. The second kappa shape index (κ2) is 3.25. The Hall–Kier alpha value is -1.52. The van der Waals surface area contributed by atoms with E-state index in [4.69, 9.17) is 5.21 Å². The highest BCUT2D eigenvalue weighted by Crippen LogP contribution is 2.33. The maximum absolute atomic E-state index is 12.4. The Balaban J connectivity index is 2.46. The van der Waals surface area contributed by atoms with Gasteiger partial charge in [-0.15, -0.1) is 0 Å². The zero-order valence-corrected chi connectivity index (χ0v) is 7.67. The Bertz CT molecular complexity index is 423. The minimum absolute atomic E-state index is 0.457. The van der Waals surface area contributed by atoms with Crippen molar-refractivity contribution in [2.24, 2.45) is 5.16 Å². The number of alkyl halides is 3. The molecule has 2 rings (SSSR count). The molecule has 5 heteroatoms. The highest BCUT2D eigenvalue weighted by Gasteiger charge is 2.32. The van der Waals surface area contributed by atoms with E-state index in [-0.39, 0.29) is 0 Å². The van der Waals surface area contributed by atoms with E-state index in [9.17, 15) is 13.2 Å². The van der Waals surface area contributed by atoms with Gasteiger partial charge in [-0.05, 0) is 30.5 Å². The molecule has 0 atom stereocenters. The number of halogens is 3. The summed E-state index contributed by atoms with van der Waals surface area (Å²) in [5, 5.41) is 11.7. The zero-order chi connectivity index (χ0) is 11.1. The van der Waals surface area contributed by atoms with E-state index in [0.717, 1.165) is 12.1 Å². The molecule has 0 bridgehead atoms. The van der Waals surface area contributed by atoms with Gasteiger partial charge in [0, 0.05) is 5.56 Å². The summed E-state index contributed by atoms with van der Waals surface area (Å²) < 4.78 is 37.1. The lowest BCUT2D eigenvalue weighted by molar-refractivity contribution is -0.137. The van der Waals surface area contributed by atoms with Gasteiger partial charge in [-0.1, -0.05) is 11.2 Å². The topological polar surface area (TPSA) is 32.6 Å². The van der Waals surface area contributed by atoms with Crippen molar-refractivity contribution in [3.8, 4) is 0 Å². The van der Waals surface area contributed by atoms with Crippen LogP contribution in [0.5, 0.6) is 0 Å². The molecular weight excluding hydrogens is 207 g/mol. The molecule has 1 aromatic rings. The quantitative estimate of drug-likeness (QED) is 0.523. The molecule has 1 aliphatic rings. The molecule has 1 N–H and O–H groups in total. The van der Waals surface area contributed by atoms with Crippen LogP contribution >= 0.6 is 0 Å². The molecule has 80 valence electrons. The first-order chi connectivity index (χ1) is 7.02. The SMILES string of the molecule is ON=C1CCc2cc(C(F)(F)F)ccc21. The lowest BCUT2D eigenvalue weighted by Gasteiger charge is -2.08. The van der Waals surface area contributed by atoms with Gasteiger partial charge < -0.3 is 5.21 Å². The van der Waals surface area contributed by atoms with Crippen LogP contribution in [0.1, 0.15) is 23.1 Å². The van der Waals surface area contributed by atoms with Crippen LogP contribution in [0.4, 0.5) is 13.2 Å². The van der Waals surface area contributed by atoms with Gasteiger partial charge in [0.25, 0.3) is 0 Å². The van der Waals surface area contributed by atoms with E-state index in [2.05, 4.69) is 5.16 Å². The van der Waals surface area contributed by atoms with Gasteiger partial charge in [0.1, 0.15) is 0 Å². The number of oxime groups is 1. The number of nitrogens with zero attached hydrogens (tertiary/aromatic N) is 1. The molecule has 0 fully saturated rings. The Morgan fingerprint density at radius 3 is 2.53 bits per heavy atom. The number of rotatable bonds is 0. The van der Waals surface area contributed by atoms with E-state index < -0.39 is 11.7 Å². The maximum Gasteiger partial charge on any atom is 0.416 e. The van der Waals surface area contributed by atoms with Gasteiger partial charge in [0.2, 0.25) is 0 Å². The van der Waals surface area contributed by atoms with Crippen LogP contribution in [0.2, 0.25) is 0 Å². The molecule has 0 aromatic heterocycles. The van der Waals surface area contributed by atoms with Crippen molar-refractivity contribution < 1.29 is 18.4 Å². The second-order valence-electron chi connectivity index (χ2n) is 3.42. The van der Waals surface area contributed by atoms with Gasteiger partial charge in [-0.3, -0.25) is 0 Å². The average molecular weight is 215 g/mol. The van der Waals surface area contributed by atoms with E-state index in [1.54, 1.807) is 0 Å². The predicted molar refractivity (Wildman–Crippen MR) is 48.1 cm³/mol. The minimum atomic E-state index is -4.31. The fourth-order valence-electron chi connectivity index (χ4n) is 1.75. The fourth-order valence-corrected chi connectivity index (χ4v) is 1.75. The van der Waals surface area contributed by atoms with E-state index in [0.29, 0.717) is 29.7 Å². The van der Waals surface area contributed by atoms with Crippen LogP contribution in [0.25, 0.3) is 0 Å². The molecule has 0 unspecified atom stereocenters. The second-order valence-corrected chi connectivity index (χ2v) is 3.42. The predicted octanol–water partition coefficient (Wildman–Crippen LogP) is 2.83. The van der Waals surface area contributed by atoms with Crippen LogP contribution in [0.3, 0.4) is 0 Å². The summed E-state index contributed by atoms with van der Waals surface area (Å²) >= 11 is 0. The molecule has 0 radical (unpaired) electrons. The highest BCUT2D eigenvalue weighted by atomic mass is 19.4. The molecule has 0 saturated heterocycles. The molecule has 0 saturated carbocycles. The molecule has 1 aliphatic carbocycles. The number of fused-ring (bicyclic) bond motifs is 1. The molecule has 2 nitrogen and oxygen atoms in total. The Morgan fingerprint density at radius 1 is 1.20 bits per heavy atom. The van der Waals surface area contributed by atoms with Crippen LogP contribution in [0.15, 0.2) is 23.4 Å². The highest BCUT2D eigenvalue weighted by molar-refractivity contribution is 6.04.